The predicted octanol–water partition coefficient (Wildman–Crippen LogP) is 0.505. The van der Waals surface area contributed by atoms with Gasteiger partial charge in [0.25, 0.3) is 0 Å². The second-order valence-corrected chi connectivity index (χ2v) is 4.47. The number of fused-ring (bicyclic) bond motifs is 1. The Balaban J connectivity index is 0.00000180. The molecule has 0 aromatic carbocycles. The van der Waals surface area contributed by atoms with Gasteiger partial charge in [-0.3, -0.25) is 9.48 Å². The number of halogens is 1. The number of carbonyl (C=O) groups excluding carboxylic acids is 1. The number of nitrogens with zero attached hydrogens (tertiary/aromatic N) is 2. The molecule has 0 saturated heterocycles. The number of methoxy groups -OCH3 is 1. The lowest BCUT2D eigenvalue weighted by Crippen LogP contribution is -2.31. The second kappa shape index (κ2) is 7.47. The minimum atomic E-state index is -0.0381. The monoisotopic (exact) mass is 288 g/mol. The molecule has 1 aliphatic carbocycles. The van der Waals surface area contributed by atoms with Crippen LogP contribution in [0.4, 0.5) is 5.82 Å². The number of hydrogen-bond donors (Lipinski definition) is 2. The van der Waals surface area contributed by atoms with E-state index in [4.69, 9.17) is 4.74 Å². The van der Waals surface area contributed by atoms with Crippen LogP contribution in [0.15, 0.2) is 0 Å². The standard InChI is InChI=1S/C12H20N4O2.ClH/c1-16-12(9-4-3-5-10(9)15-16)14-11(17)8-13-6-7-18-2;/h13H,3-8H2,1-2H3,(H,14,17);1H. The van der Waals surface area contributed by atoms with Gasteiger partial charge in [0.05, 0.1) is 18.8 Å². The Morgan fingerprint density at radius 2 is 2.26 bits per heavy atom. The van der Waals surface area contributed by atoms with E-state index in [-0.39, 0.29) is 18.3 Å². The SMILES string of the molecule is COCCNCC(=O)Nc1c2c(nn1C)CCC2.Cl. The van der Waals surface area contributed by atoms with E-state index in [9.17, 15) is 4.79 Å². The van der Waals surface area contributed by atoms with Gasteiger partial charge in [0.1, 0.15) is 5.82 Å². The first-order valence-corrected chi connectivity index (χ1v) is 6.26. The van der Waals surface area contributed by atoms with E-state index < -0.39 is 0 Å². The molecule has 0 unspecified atom stereocenters. The minimum Gasteiger partial charge on any atom is -0.383 e. The van der Waals surface area contributed by atoms with Crippen molar-refractivity contribution in [2.24, 2.45) is 7.05 Å². The van der Waals surface area contributed by atoms with Crippen LogP contribution in [0, 0.1) is 0 Å². The van der Waals surface area contributed by atoms with E-state index in [1.165, 1.54) is 5.56 Å². The number of anilines is 1. The third-order valence-electron chi connectivity index (χ3n) is 3.10. The molecule has 0 radical (unpaired) electrons. The molecule has 7 heteroatoms. The Kier molecular flexibility index (Phi) is 6.27. The molecular formula is C12H21ClN4O2. The van der Waals surface area contributed by atoms with Crippen molar-refractivity contribution in [3.8, 4) is 0 Å². The van der Waals surface area contributed by atoms with Crippen LogP contribution in [0.3, 0.4) is 0 Å². The van der Waals surface area contributed by atoms with Gasteiger partial charge >= 0.3 is 0 Å². The van der Waals surface area contributed by atoms with Crippen LogP contribution >= 0.6 is 12.4 Å². The van der Waals surface area contributed by atoms with Gasteiger partial charge in [-0.1, -0.05) is 0 Å². The highest BCUT2D eigenvalue weighted by atomic mass is 35.5. The third kappa shape index (κ3) is 3.92. The van der Waals surface area contributed by atoms with Gasteiger partial charge in [-0.05, 0) is 19.3 Å². The molecule has 1 heterocycles. The topological polar surface area (TPSA) is 68.2 Å². The number of aryl methyl sites for hydroxylation is 2. The Hall–Kier alpha value is -1.11. The summed E-state index contributed by atoms with van der Waals surface area (Å²) >= 11 is 0. The summed E-state index contributed by atoms with van der Waals surface area (Å²) in [6.07, 6.45) is 3.16. The molecule has 0 spiro atoms. The fraction of sp³-hybridized carbons (Fsp3) is 0.667. The summed E-state index contributed by atoms with van der Waals surface area (Å²) in [6.45, 7) is 1.57. The average molecular weight is 289 g/mol. The van der Waals surface area contributed by atoms with Crippen LogP contribution in [0.25, 0.3) is 0 Å². The van der Waals surface area contributed by atoms with Crippen molar-refractivity contribution in [2.45, 2.75) is 19.3 Å². The van der Waals surface area contributed by atoms with Crippen LogP contribution < -0.4 is 10.6 Å². The van der Waals surface area contributed by atoms with Crippen molar-refractivity contribution < 1.29 is 9.53 Å². The molecular weight excluding hydrogens is 268 g/mol. The lowest BCUT2D eigenvalue weighted by atomic mass is 10.2. The molecule has 1 aromatic rings. The summed E-state index contributed by atoms with van der Waals surface area (Å²) in [4.78, 5) is 11.8. The molecule has 1 aromatic heterocycles. The molecule has 0 fully saturated rings. The van der Waals surface area contributed by atoms with Crippen LogP contribution in [-0.4, -0.2) is 42.5 Å². The predicted molar refractivity (Wildman–Crippen MR) is 75.9 cm³/mol. The maximum Gasteiger partial charge on any atom is 0.239 e. The first-order valence-electron chi connectivity index (χ1n) is 6.26. The smallest absolute Gasteiger partial charge is 0.239 e. The van der Waals surface area contributed by atoms with Crippen molar-refractivity contribution >= 4 is 24.1 Å². The number of aromatic nitrogens is 2. The van der Waals surface area contributed by atoms with Gasteiger partial charge in [-0.25, -0.2) is 0 Å². The molecule has 2 N–H and O–H groups in total. The van der Waals surface area contributed by atoms with E-state index >= 15 is 0 Å². The Bertz CT molecular complexity index is 434. The van der Waals surface area contributed by atoms with Crippen LogP contribution in [0.5, 0.6) is 0 Å². The average Bonchev–Trinajstić information content (AvgIpc) is 2.89. The van der Waals surface area contributed by atoms with Gasteiger partial charge in [0.2, 0.25) is 5.91 Å². The molecule has 0 saturated carbocycles. The van der Waals surface area contributed by atoms with Crippen molar-refractivity contribution in [1.82, 2.24) is 15.1 Å². The highest BCUT2D eigenvalue weighted by Crippen LogP contribution is 2.27. The van der Waals surface area contributed by atoms with Crippen molar-refractivity contribution in [1.29, 1.82) is 0 Å². The molecule has 0 aliphatic heterocycles. The van der Waals surface area contributed by atoms with Crippen molar-refractivity contribution in [2.75, 3.05) is 32.1 Å². The maximum atomic E-state index is 11.8. The summed E-state index contributed by atoms with van der Waals surface area (Å²) in [5.41, 5.74) is 2.32. The highest BCUT2D eigenvalue weighted by Gasteiger charge is 2.21. The molecule has 0 bridgehead atoms. The maximum absolute atomic E-state index is 11.8. The van der Waals surface area contributed by atoms with E-state index in [1.807, 2.05) is 7.05 Å². The quantitative estimate of drug-likeness (QED) is 0.748. The zero-order valence-corrected chi connectivity index (χ0v) is 12.2. The van der Waals surface area contributed by atoms with Crippen LogP contribution in [0.1, 0.15) is 17.7 Å². The van der Waals surface area contributed by atoms with E-state index in [0.717, 1.165) is 30.8 Å². The van der Waals surface area contributed by atoms with E-state index in [0.29, 0.717) is 19.7 Å². The Morgan fingerprint density at radius 3 is 3.00 bits per heavy atom. The fourth-order valence-corrected chi connectivity index (χ4v) is 2.23. The summed E-state index contributed by atoms with van der Waals surface area (Å²) in [6, 6.07) is 0. The minimum absolute atomic E-state index is 0. The Morgan fingerprint density at radius 1 is 1.47 bits per heavy atom. The first kappa shape index (κ1) is 15.9. The molecule has 0 atom stereocenters. The zero-order chi connectivity index (χ0) is 13.0. The normalized spacial score (nSPS) is 12.9. The number of rotatable bonds is 6. The number of ether oxygens (including phenoxy) is 1. The Labute approximate surface area is 119 Å². The summed E-state index contributed by atoms with van der Waals surface area (Å²) in [5, 5.41) is 10.4. The molecule has 6 nitrogen and oxygen atoms in total. The van der Waals surface area contributed by atoms with Crippen LogP contribution in [-0.2, 0) is 29.4 Å². The van der Waals surface area contributed by atoms with E-state index in [2.05, 4.69) is 15.7 Å². The number of carbonyl (C=O) groups is 1. The van der Waals surface area contributed by atoms with Gasteiger partial charge in [0.15, 0.2) is 0 Å². The summed E-state index contributed by atoms with van der Waals surface area (Å²) in [5.74, 6) is 0.810. The lowest BCUT2D eigenvalue weighted by Gasteiger charge is -2.08. The molecule has 1 aliphatic rings. The second-order valence-electron chi connectivity index (χ2n) is 4.47. The largest absolute Gasteiger partial charge is 0.383 e. The number of hydrogen-bond acceptors (Lipinski definition) is 4. The number of amides is 1. The first-order chi connectivity index (χ1) is 8.72. The molecule has 2 rings (SSSR count). The van der Waals surface area contributed by atoms with Gasteiger partial charge < -0.3 is 15.4 Å². The highest BCUT2D eigenvalue weighted by molar-refractivity contribution is 5.92. The van der Waals surface area contributed by atoms with E-state index in [1.54, 1.807) is 11.8 Å². The summed E-state index contributed by atoms with van der Waals surface area (Å²) < 4.78 is 6.66. The van der Waals surface area contributed by atoms with Gasteiger partial charge in [0, 0.05) is 26.3 Å². The fourth-order valence-electron chi connectivity index (χ4n) is 2.23. The third-order valence-corrected chi connectivity index (χ3v) is 3.10. The summed E-state index contributed by atoms with van der Waals surface area (Å²) in [7, 11) is 3.51. The van der Waals surface area contributed by atoms with Crippen molar-refractivity contribution in [3.63, 3.8) is 0 Å². The van der Waals surface area contributed by atoms with Crippen molar-refractivity contribution in [3.05, 3.63) is 11.3 Å². The van der Waals surface area contributed by atoms with Gasteiger partial charge in [-0.2, -0.15) is 5.10 Å². The molecule has 108 valence electrons. The van der Waals surface area contributed by atoms with Crippen LogP contribution in [0.2, 0.25) is 0 Å². The molecule has 1 amide bonds. The number of nitrogens with one attached hydrogen (secondary N) is 2. The zero-order valence-electron chi connectivity index (χ0n) is 11.4. The lowest BCUT2D eigenvalue weighted by molar-refractivity contribution is -0.115. The van der Waals surface area contributed by atoms with Gasteiger partial charge in [-0.15, -0.1) is 12.4 Å². The molecule has 19 heavy (non-hydrogen) atoms.